The van der Waals surface area contributed by atoms with Crippen molar-refractivity contribution in [3.8, 4) is 0 Å². The summed E-state index contributed by atoms with van der Waals surface area (Å²) in [5, 5.41) is 53.8. The SMILES string of the molecule is CCCCCCOC(=O)C[N+](C)(C)C.O=P(O)(O)O.O=P(O)(O)O.O=P([O-])(O)O.OC1C(O)C(O)C(O)C(O)C1O. The summed E-state index contributed by atoms with van der Waals surface area (Å²) in [6.45, 7) is 3.20. The summed E-state index contributed by atoms with van der Waals surface area (Å²) in [4.78, 5) is 77.3. The second kappa shape index (κ2) is 22.1. The average molecular weight is 675 g/mol. The van der Waals surface area contributed by atoms with Gasteiger partial charge in [0.1, 0.15) is 36.6 Å². The molecule has 0 aromatic heterocycles. The molecule has 0 heterocycles. The number of aliphatic hydroxyl groups excluding tert-OH is 6. The van der Waals surface area contributed by atoms with E-state index in [-0.39, 0.29) is 5.97 Å². The lowest BCUT2D eigenvalue weighted by molar-refractivity contribution is -0.862. The monoisotopic (exact) mass is 675 g/mol. The lowest BCUT2D eigenvalue weighted by atomic mass is 9.85. The molecule has 1 aliphatic rings. The van der Waals surface area contributed by atoms with Crippen LogP contribution in [0.4, 0.5) is 0 Å². The van der Waals surface area contributed by atoms with Crippen LogP contribution >= 0.6 is 23.5 Å². The van der Waals surface area contributed by atoms with E-state index in [4.69, 9.17) is 93.1 Å². The molecule has 1 rings (SSSR count). The Kier molecular flexibility index (Phi) is 25.6. The molecule has 21 nitrogen and oxygen atoms in total. The highest BCUT2D eigenvalue weighted by Crippen LogP contribution is 2.26. The maximum Gasteiger partial charge on any atom is 0.466 e. The molecule has 0 aliphatic heterocycles. The molecule has 0 unspecified atom stereocenters. The second-order valence-corrected chi connectivity index (χ2v) is 12.2. The predicted octanol–water partition coefficient (Wildman–Crippen LogP) is -5.44. The number of nitrogens with zero attached hydrogens (tertiary/aromatic N) is 1. The van der Waals surface area contributed by atoms with Crippen LogP contribution in [0.2, 0.25) is 0 Å². The smallest absolute Gasteiger partial charge is 0.466 e. The van der Waals surface area contributed by atoms with Gasteiger partial charge in [-0.1, -0.05) is 26.2 Å². The minimum Gasteiger partial charge on any atom is -0.756 e. The van der Waals surface area contributed by atoms with E-state index in [2.05, 4.69) is 6.92 Å². The Bertz CT molecular complexity index is 691. The lowest BCUT2D eigenvalue weighted by Gasteiger charge is -2.39. The van der Waals surface area contributed by atoms with Crippen molar-refractivity contribution < 1.29 is 102 Å². The number of hydrogen-bond acceptors (Lipinski definition) is 12. The number of esters is 1. The predicted molar refractivity (Wildman–Crippen MR) is 135 cm³/mol. The Balaban J connectivity index is -0.000000227. The number of rotatable bonds is 7. The van der Waals surface area contributed by atoms with Crippen molar-refractivity contribution in [3.05, 3.63) is 0 Å². The van der Waals surface area contributed by atoms with Crippen LogP contribution in [0, 0.1) is 0 Å². The topological polar surface area (TPSA) is 384 Å². The van der Waals surface area contributed by atoms with Crippen LogP contribution in [0.3, 0.4) is 0 Å². The third kappa shape index (κ3) is 44.1. The molecule has 0 atom stereocenters. The first-order valence-electron chi connectivity index (χ1n) is 11.3. The minimum absolute atomic E-state index is 0.0889. The van der Waals surface area contributed by atoms with Crippen molar-refractivity contribution >= 4 is 29.4 Å². The van der Waals surface area contributed by atoms with Crippen LogP contribution in [0.15, 0.2) is 0 Å². The first kappa shape index (κ1) is 47.5. The minimum atomic E-state index is -4.89. The third-order valence-corrected chi connectivity index (χ3v) is 3.96. The average Bonchev–Trinajstić information content (AvgIpc) is 2.70. The van der Waals surface area contributed by atoms with Gasteiger partial charge >= 0.3 is 21.6 Å². The Morgan fingerprint density at radius 2 is 0.902 bits per heavy atom. The van der Waals surface area contributed by atoms with Gasteiger partial charge in [-0.15, -0.1) is 0 Å². The molecule has 41 heavy (non-hydrogen) atoms. The molecule has 1 saturated carbocycles. The highest BCUT2D eigenvalue weighted by Gasteiger charge is 2.47. The Hall–Kier alpha value is -0.480. The fraction of sp³-hybridized carbons (Fsp3) is 0.941. The van der Waals surface area contributed by atoms with Crippen LogP contribution in [0.5, 0.6) is 0 Å². The maximum atomic E-state index is 11.3. The summed E-state index contributed by atoms with van der Waals surface area (Å²) >= 11 is 0. The molecule has 1 aliphatic carbocycles. The quantitative estimate of drug-likeness (QED) is 0.0518. The van der Waals surface area contributed by atoms with E-state index >= 15 is 0 Å². The molecule has 0 radical (unpaired) electrons. The van der Waals surface area contributed by atoms with E-state index in [9.17, 15) is 4.79 Å². The molecule has 0 bridgehead atoms. The van der Waals surface area contributed by atoms with Crippen molar-refractivity contribution in [3.63, 3.8) is 0 Å². The Morgan fingerprint density at radius 3 is 1.10 bits per heavy atom. The zero-order chi connectivity index (χ0) is 34.0. The van der Waals surface area contributed by atoms with E-state index in [0.29, 0.717) is 17.6 Å². The van der Waals surface area contributed by atoms with Crippen LogP contribution in [0.1, 0.15) is 32.6 Å². The number of carbonyl (C=O) groups excluding carboxylic acids is 1. The Morgan fingerprint density at radius 1 is 0.659 bits per heavy atom. The van der Waals surface area contributed by atoms with E-state index in [0.717, 1.165) is 12.8 Å². The molecule has 24 heteroatoms. The molecule has 0 aromatic rings. The third-order valence-electron chi connectivity index (χ3n) is 3.96. The van der Waals surface area contributed by atoms with Crippen molar-refractivity contribution in [2.24, 2.45) is 0 Å². The largest absolute Gasteiger partial charge is 0.756 e. The lowest BCUT2D eigenvalue weighted by Crippen LogP contribution is -2.63. The van der Waals surface area contributed by atoms with Crippen LogP contribution in [-0.4, -0.2) is 151 Å². The van der Waals surface area contributed by atoms with Crippen molar-refractivity contribution in [2.45, 2.75) is 69.2 Å². The molecular formula is C17H44NO20P3. The molecule has 0 amide bonds. The highest BCUT2D eigenvalue weighted by atomic mass is 31.2. The molecule has 252 valence electrons. The fourth-order valence-corrected chi connectivity index (χ4v) is 2.36. The molecule has 1 fully saturated rings. The summed E-state index contributed by atoms with van der Waals surface area (Å²) < 4.78 is 32.3. The number of aliphatic hydroxyl groups is 6. The van der Waals surface area contributed by atoms with E-state index in [1.807, 2.05) is 21.1 Å². The van der Waals surface area contributed by atoms with Gasteiger partial charge < -0.3 is 83.9 Å². The summed E-state index contributed by atoms with van der Waals surface area (Å²) in [5.74, 6) is -0.0889. The van der Waals surface area contributed by atoms with Crippen LogP contribution in [-0.2, 0) is 23.2 Å². The summed E-state index contributed by atoms with van der Waals surface area (Å²) in [6.07, 6.45) is -5.24. The number of quaternary nitrogens is 1. The fourth-order valence-electron chi connectivity index (χ4n) is 2.36. The van der Waals surface area contributed by atoms with Gasteiger partial charge in [0.05, 0.1) is 27.7 Å². The van der Waals surface area contributed by atoms with Crippen LogP contribution in [0.25, 0.3) is 0 Å². The van der Waals surface area contributed by atoms with E-state index in [1.54, 1.807) is 0 Å². The van der Waals surface area contributed by atoms with Crippen LogP contribution < -0.4 is 4.89 Å². The van der Waals surface area contributed by atoms with Gasteiger partial charge in [0, 0.05) is 0 Å². The summed E-state index contributed by atoms with van der Waals surface area (Å²) in [5.41, 5.74) is 0. The van der Waals surface area contributed by atoms with Crippen molar-refractivity contribution in [1.82, 2.24) is 0 Å². The first-order chi connectivity index (χ1) is 17.9. The number of ether oxygens (including phenoxy) is 1. The number of carbonyl (C=O) groups is 1. The number of unbranched alkanes of at least 4 members (excludes halogenated alkanes) is 3. The Labute approximate surface area is 235 Å². The molecule has 14 N–H and O–H groups in total. The number of likely N-dealkylation sites (N-methyl/N-ethyl adjacent to an activating group) is 1. The molecule has 0 spiro atoms. The van der Waals surface area contributed by atoms with Crippen molar-refractivity contribution in [2.75, 3.05) is 34.3 Å². The zero-order valence-corrected chi connectivity index (χ0v) is 25.4. The van der Waals surface area contributed by atoms with Gasteiger partial charge in [-0.2, -0.15) is 0 Å². The van der Waals surface area contributed by atoms with Gasteiger partial charge in [0.2, 0.25) is 0 Å². The van der Waals surface area contributed by atoms with Crippen molar-refractivity contribution in [1.29, 1.82) is 0 Å². The van der Waals surface area contributed by atoms with Gasteiger partial charge in [-0.05, 0) is 6.42 Å². The normalized spacial score (nSPS) is 24.5. The molecule has 0 aromatic carbocycles. The summed E-state index contributed by atoms with van der Waals surface area (Å²) in [6, 6.07) is 0. The van der Waals surface area contributed by atoms with Gasteiger partial charge in [-0.3, -0.25) is 4.57 Å². The zero-order valence-electron chi connectivity index (χ0n) is 22.7. The van der Waals surface area contributed by atoms with Gasteiger partial charge in [0.25, 0.3) is 7.82 Å². The standard InChI is InChI=1S/C11H24NO2.C6H12O6.3H3O4P/c1-5-6-7-8-9-14-11(13)10-12(2,3)4;7-1-2(8)4(10)6(12)5(11)3(1)9;3*1-5(2,3)4/h5-10H2,1-4H3;1-12H;3*(H3,1,2,3,4)/q+1;;;;/p-1. The number of hydrogen-bond donors (Lipinski definition) is 14. The summed E-state index contributed by atoms with van der Waals surface area (Å²) in [7, 11) is -8.21. The first-order valence-corrected chi connectivity index (χ1v) is 16.0. The van der Waals surface area contributed by atoms with Gasteiger partial charge in [0.15, 0.2) is 6.54 Å². The van der Waals surface area contributed by atoms with E-state index in [1.165, 1.54) is 12.8 Å². The molecular weight excluding hydrogens is 631 g/mol. The maximum absolute atomic E-state index is 11.3. The second-order valence-electron chi connectivity index (χ2n) is 9.19. The molecule has 0 saturated heterocycles. The van der Waals surface area contributed by atoms with E-state index < -0.39 is 60.1 Å². The number of phosphoric acid groups is 3. The highest BCUT2D eigenvalue weighted by molar-refractivity contribution is 7.45. The van der Waals surface area contributed by atoms with Gasteiger partial charge in [-0.25, -0.2) is 13.9 Å².